The molecule has 0 aliphatic heterocycles. The van der Waals surface area contributed by atoms with Gasteiger partial charge >= 0.3 is 5.97 Å². The topological polar surface area (TPSA) is 69.9 Å². The molecule has 1 heterocycles. The van der Waals surface area contributed by atoms with Crippen molar-refractivity contribution in [1.82, 2.24) is 4.57 Å². The Morgan fingerprint density at radius 1 is 1.07 bits per heavy atom. The maximum Gasteiger partial charge on any atom is 0.337 e. The molecule has 1 aromatic heterocycles. The fourth-order valence-corrected chi connectivity index (χ4v) is 4.08. The first-order valence-electron chi connectivity index (χ1n) is 9.40. The van der Waals surface area contributed by atoms with Gasteiger partial charge in [-0.15, -0.1) is 0 Å². The number of esters is 1. The largest absolute Gasteiger partial charge is 0.465 e. The van der Waals surface area contributed by atoms with Crippen molar-refractivity contribution in [3.63, 3.8) is 0 Å². The van der Waals surface area contributed by atoms with Gasteiger partial charge in [-0.3, -0.25) is 4.79 Å². The number of rotatable bonds is 6. The van der Waals surface area contributed by atoms with Crippen LogP contribution in [0.3, 0.4) is 0 Å². The maximum absolute atomic E-state index is 12.7. The van der Waals surface area contributed by atoms with Crippen molar-refractivity contribution in [1.29, 1.82) is 0 Å². The molecule has 152 valence electrons. The van der Waals surface area contributed by atoms with Gasteiger partial charge in [0.15, 0.2) is 4.80 Å². The number of hydrogen-bond donors (Lipinski definition) is 0. The van der Waals surface area contributed by atoms with Crippen LogP contribution in [0.2, 0.25) is 0 Å². The highest BCUT2D eigenvalue weighted by Gasteiger charge is 2.12. The van der Waals surface area contributed by atoms with Crippen molar-refractivity contribution in [3.05, 3.63) is 63.5 Å². The Labute approximate surface area is 173 Å². The minimum absolute atomic E-state index is 0.355. The molecule has 7 heteroatoms. The minimum Gasteiger partial charge on any atom is -0.465 e. The molecule has 2 aromatic carbocycles. The van der Waals surface area contributed by atoms with Crippen LogP contribution in [-0.2, 0) is 16.0 Å². The highest BCUT2D eigenvalue weighted by Crippen LogP contribution is 2.22. The molecule has 29 heavy (non-hydrogen) atoms. The summed E-state index contributed by atoms with van der Waals surface area (Å²) in [6, 6.07) is 10.6. The van der Waals surface area contributed by atoms with Crippen LogP contribution < -0.4 is 4.80 Å². The van der Waals surface area contributed by atoms with E-state index < -0.39 is 5.97 Å². The van der Waals surface area contributed by atoms with E-state index in [2.05, 4.69) is 35.7 Å². The molecule has 3 aromatic rings. The molecule has 0 saturated carbocycles. The van der Waals surface area contributed by atoms with Crippen LogP contribution in [0.4, 0.5) is 0 Å². The Bertz CT molecular complexity index is 1110. The summed E-state index contributed by atoms with van der Waals surface area (Å²) >= 11 is 1.49. The van der Waals surface area contributed by atoms with Crippen LogP contribution in [0.1, 0.15) is 38.8 Å². The van der Waals surface area contributed by atoms with E-state index in [-0.39, 0.29) is 5.91 Å². The van der Waals surface area contributed by atoms with Gasteiger partial charge in [-0.1, -0.05) is 11.3 Å². The molecule has 0 aliphatic carbocycles. The third-order valence-electron chi connectivity index (χ3n) is 4.71. The summed E-state index contributed by atoms with van der Waals surface area (Å²) in [5.74, 6) is -0.795. The third-order valence-corrected chi connectivity index (χ3v) is 5.75. The number of carbonyl (C=O) groups is 2. The van der Waals surface area contributed by atoms with Crippen LogP contribution in [0.25, 0.3) is 10.2 Å². The SMILES string of the molecule is CCOCCn1c(=NC(=O)c2ccc(C(=O)OC)cc2)sc2cc(C)c(C)cc21. The first kappa shape index (κ1) is 21.0. The first-order valence-corrected chi connectivity index (χ1v) is 10.2. The van der Waals surface area contributed by atoms with Gasteiger partial charge in [0.1, 0.15) is 0 Å². The number of amides is 1. The number of hydrogen-bond acceptors (Lipinski definition) is 5. The maximum atomic E-state index is 12.7. The summed E-state index contributed by atoms with van der Waals surface area (Å²) in [6.45, 7) is 7.90. The van der Waals surface area contributed by atoms with Crippen LogP contribution in [0.5, 0.6) is 0 Å². The van der Waals surface area contributed by atoms with Gasteiger partial charge in [0.25, 0.3) is 5.91 Å². The van der Waals surface area contributed by atoms with E-state index in [4.69, 9.17) is 4.74 Å². The third kappa shape index (κ3) is 4.63. The molecular formula is C22H24N2O4S. The summed E-state index contributed by atoms with van der Waals surface area (Å²) in [4.78, 5) is 29.3. The average Bonchev–Trinajstić information content (AvgIpc) is 3.04. The van der Waals surface area contributed by atoms with Gasteiger partial charge in [-0.2, -0.15) is 4.99 Å². The number of carbonyl (C=O) groups excluding carboxylic acids is 2. The van der Waals surface area contributed by atoms with Gasteiger partial charge in [0.05, 0.1) is 29.5 Å². The van der Waals surface area contributed by atoms with E-state index in [0.717, 1.165) is 10.2 Å². The number of fused-ring (bicyclic) bond motifs is 1. The van der Waals surface area contributed by atoms with Crippen molar-refractivity contribution < 1.29 is 19.1 Å². The summed E-state index contributed by atoms with van der Waals surface area (Å²) in [5.41, 5.74) is 4.25. The lowest BCUT2D eigenvalue weighted by Gasteiger charge is -2.07. The fourth-order valence-electron chi connectivity index (χ4n) is 2.94. The lowest BCUT2D eigenvalue weighted by atomic mass is 10.1. The summed E-state index contributed by atoms with van der Waals surface area (Å²) in [6.07, 6.45) is 0. The second-order valence-electron chi connectivity index (χ2n) is 6.62. The zero-order valence-electron chi connectivity index (χ0n) is 17.0. The Balaban J connectivity index is 2.02. The number of aryl methyl sites for hydroxylation is 2. The zero-order valence-corrected chi connectivity index (χ0v) is 17.8. The molecule has 0 bridgehead atoms. The quantitative estimate of drug-likeness (QED) is 0.455. The second kappa shape index (κ2) is 9.15. The van der Waals surface area contributed by atoms with Crippen molar-refractivity contribution in [2.24, 2.45) is 4.99 Å². The number of methoxy groups -OCH3 is 1. The van der Waals surface area contributed by atoms with Gasteiger partial charge in [0, 0.05) is 18.7 Å². The molecular weight excluding hydrogens is 388 g/mol. The number of thiazole rings is 1. The molecule has 6 nitrogen and oxygen atoms in total. The number of benzene rings is 2. The molecule has 0 atom stereocenters. The highest BCUT2D eigenvalue weighted by atomic mass is 32.1. The van der Waals surface area contributed by atoms with Crippen molar-refractivity contribution in [2.45, 2.75) is 27.3 Å². The van der Waals surface area contributed by atoms with Crippen LogP contribution >= 0.6 is 11.3 Å². The Kier molecular flexibility index (Phi) is 6.61. The second-order valence-corrected chi connectivity index (χ2v) is 7.63. The van der Waals surface area contributed by atoms with E-state index in [0.29, 0.717) is 35.7 Å². The van der Waals surface area contributed by atoms with E-state index in [1.807, 2.05) is 11.5 Å². The monoisotopic (exact) mass is 412 g/mol. The Morgan fingerprint density at radius 2 is 1.72 bits per heavy atom. The minimum atomic E-state index is -0.440. The van der Waals surface area contributed by atoms with Gasteiger partial charge in [-0.25, -0.2) is 4.79 Å². The molecule has 0 unspecified atom stereocenters. The Hall–Kier alpha value is -2.77. The molecule has 3 rings (SSSR count). The molecule has 0 spiro atoms. The average molecular weight is 413 g/mol. The molecule has 0 N–H and O–H groups in total. The van der Waals surface area contributed by atoms with Crippen LogP contribution in [0.15, 0.2) is 41.4 Å². The smallest absolute Gasteiger partial charge is 0.337 e. The lowest BCUT2D eigenvalue weighted by molar-refractivity contribution is 0.0600. The standard InChI is InChI=1S/C22H24N2O4S/c1-5-28-11-10-24-18-12-14(2)15(3)13-19(18)29-22(24)23-20(25)16-6-8-17(9-7-16)21(26)27-4/h6-9,12-13H,5,10-11H2,1-4H3. The predicted octanol–water partition coefficient (Wildman–Crippen LogP) is 3.88. The molecule has 0 fully saturated rings. The fraction of sp³-hybridized carbons (Fsp3) is 0.318. The van der Waals surface area contributed by atoms with E-state index in [1.165, 1.54) is 29.6 Å². The summed E-state index contributed by atoms with van der Waals surface area (Å²) < 4.78 is 13.3. The van der Waals surface area contributed by atoms with Crippen molar-refractivity contribution in [2.75, 3.05) is 20.3 Å². The number of ether oxygens (including phenoxy) is 2. The van der Waals surface area contributed by atoms with Crippen LogP contribution in [0, 0.1) is 13.8 Å². The van der Waals surface area contributed by atoms with Gasteiger partial charge in [-0.05, 0) is 68.3 Å². The van der Waals surface area contributed by atoms with E-state index in [9.17, 15) is 9.59 Å². The van der Waals surface area contributed by atoms with Crippen molar-refractivity contribution >= 4 is 33.4 Å². The van der Waals surface area contributed by atoms with Crippen LogP contribution in [-0.4, -0.2) is 36.8 Å². The highest BCUT2D eigenvalue weighted by molar-refractivity contribution is 7.16. The van der Waals surface area contributed by atoms with E-state index >= 15 is 0 Å². The lowest BCUT2D eigenvalue weighted by Crippen LogP contribution is -2.19. The molecule has 0 saturated heterocycles. The van der Waals surface area contributed by atoms with Gasteiger partial charge in [0.2, 0.25) is 0 Å². The normalized spacial score (nSPS) is 11.8. The summed E-state index contributed by atoms with van der Waals surface area (Å²) in [5, 5.41) is 0. The van der Waals surface area contributed by atoms with E-state index in [1.54, 1.807) is 24.3 Å². The van der Waals surface area contributed by atoms with Gasteiger partial charge < -0.3 is 14.0 Å². The number of nitrogens with zero attached hydrogens (tertiary/aromatic N) is 2. The molecule has 0 aliphatic rings. The zero-order chi connectivity index (χ0) is 21.0. The Morgan fingerprint density at radius 3 is 2.38 bits per heavy atom. The molecule has 1 amide bonds. The van der Waals surface area contributed by atoms with Crippen molar-refractivity contribution in [3.8, 4) is 0 Å². The number of aromatic nitrogens is 1. The summed E-state index contributed by atoms with van der Waals surface area (Å²) in [7, 11) is 1.32. The first-order chi connectivity index (χ1) is 13.9. The predicted molar refractivity (Wildman–Crippen MR) is 113 cm³/mol. The molecule has 0 radical (unpaired) electrons.